The molecule has 3 heterocycles. The summed E-state index contributed by atoms with van der Waals surface area (Å²) >= 11 is 6.26. The highest BCUT2D eigenvalue weighted by atomic mass is 35.5. The molecule has 0 fully saturated rings. The number of rotatable bonds is 3. The highest BCUT2D eigenvalue weighted by Crippen LogP contribution is 2.48. The van der Waals surface area contributed by atoms with Crippen molar-refractivity contribution in [3.8, 4) is 17.2 Å². The first-order valence-corrected chi connectivity index (χ1v) is 9.61. The maximum atomic E-state index is 10.4. The third kappa shape index (κ3) is 3.06. The van der Waals surface area contributed by atoms with Crippen molar-refractivity contribution in [3.63, 3.8) is 0 Å². The number of fused-ring (bicyclic) bond motifs is 3. The molecule has 29 heavy (non-hydrogen) atoms. The third-order valence-electron chi connectivity index (χ3n) is 5.24. The van der Waals surface area contributed by atoms with Crippen LogP contribution in [0.4, 0.5) is 0 Å². The third-order valence-corrected chi connectivity index (χ3v) is 5.47. The predicted molar refractivity (Wildman–Crippen MR) is 109 cm³/mol. The first-order valence-electron chi connectivity index (χ1n) is 9.23. The fourth-order valence-corrected chi connectivity index (χ4v) is 4.02. The van der Waals surface area contributed by atoms with E-state index >= 15 is 0 Å². The molecule has 0 unspecified atom stereocenters. The van der Waals surface area contributed by atoms with Crippen LogP contribution in [0.2, 0.25) is 5.02 Å². The zero-order valence-corrected chi connectivity index (χ0v) is 16.4. The molecule has 146 valence electrons. The number of pyridine rings is 1. The number of benzene rings is 2. The molecule has 2 atom stereocenters. The summed E-state index contributed by atoms with van der Waals surface area (Å²) in [5.74, 6) is 1.60. The van der Waals surface area contributed by atoms with Crippen LogP contribution in [-0.2, 0) is 0 Å². The van der Waals surface area contributed by atoms with Gasteiger partial charge in [-0.05, 0) is 42.5 Å². The molecule has 2 aromatic carbocycles. The van der Waals surface area contributed by atoms with Gasteiger partial charge in [0.2, 0.25) is 6.23 Å². The number of nitrogens with zero attached hydrogens (tertiary/aromatic N) is 3. The fourth-order valence-electron chi connectivity index (χ4n) is 3.84. The van der Waals surface area contributed by atoms with Crippen LogP contribution in [0, 0.1) is 0 Å². The van der Waals surface area contributed by atoms with E-state index in [0.29, 0.717) is 22.8 Å². The van der Waals surface area contributed by atoms with Gasteiger partial charge >= 0.3 is 0 Å². The molecule has 0 aliphatic carbocycles. The average molecular weight is 408 g/mol. The van der Waals surface area contributed by atoms with E-state index in [1.807, 2.05) is 35.3 Å². The number of aromatic nitrogens is 1. The van der Waals surface area contributed by atoms with Crippen molar-refractivity contribution in [1.82, 2.24) is 9.99 Å². The Bertz CT molecular complexity index is 1100. The standard InChI is InChI=1S/C22H18ClN3O3/c1-28-15-5-6-20(27)16(10-15)18-11-19-17-9-14(23)4-7-21(17)29-22(26(19)25-18)13-3-2-8-24-12-13/h2-10,12,19,22,27H,11H2,1H3/t19-,22-/m1/s1. The molecule has 0 saturated carbocycles. The minimum atomic E-state index is -0.423. The van der Waals surface area contributed by atoms with E-state index in [4.69, 9.17) is 26.2 Å². The molecule has 2 aliphatic heterocycles. The highest BCUT2D eigenvalue weighted by molar-refractivity contribution is 6.30. The molecule has 5 rings (SSSR count). The van der Waals surface area contributed by atoms with Gasteiger partial charge in [0.25, 0.3) is 0 Å². The summed E-state index contributed by atoms with van der Waals surface area (Å²) in [4.78, 5) is 4.23. The van der Waals surface area contributed by atoms with Crippen molar-refractivity contribution in [2.24, 2.45) is 5.10 Å². The average Bonchev–Trinajstić information content (AvgIpc) is 3.20. The topological polar surface area (TPSA) is 67.2 Å². The lowest BCUT2D eigenvalue weighted by atomic mass is 9.95. The van der Waals surface area contributed by atoms with Crippen LogP contribution in [0.3, 0.4) is 0 Å². The highest BCUT2D eigenvalue weighted by Gasteiger charge is 2.41. The van der Waals surface area contributed by atoms with E-state index in [2.05, 4.69) is 4.98 Å². The van der Waals surface area contributed by atoms with Crippen LogP contribution in [0.5, 0.6) is 17.2 Å². The summed E-state index contributed by atoms with van der Waals surface area (Å²) in [5, 5.41) is 17.8. The van der Waals surface area contributed by atoms with Crippen molar-refractivity contribution in [2.75, 3.05) is 7.11 Å². The second-order valence-electron chi connectivity index (χ2n) is 6.97. The van der Waals surface area contributed by atoms with Crippen molar-refractivity contribution in [2.45, 2.75) is 18.7 Å². The summed E-state index contributed by atoms with van der Waals surface area (Å²) in [6.45, 7) is 0. The zero-order chi connectivity index (χ0) is 20.0. The molecule has 2 aliphatic rings. The quantitative estimate of drug-likeness (QED) is 0.682. The summed E-state index contributed by atoms with van der Waals surface area (Å²) in [6, 6.07) is 14.5. The van der Waals surface area contributed by atoms with Crippen LogP contribution in [0.15, 0.2) is 66.0 Å². The van der Waals surface area contributed by atoms with Crippen LogP contribution in [0.1, 0.15) is 35.4 Å². The van der Waals surface area contributed by atoms with Crippen molar-refractivity contribution >= 4 is 17.3 Å². The maximum absolute atomic E-state index is 10.4. The van der Waals surface area contributed by atoms with E-state index in [0.717, 1.165) is 22.6 Å². The number of methoxy groups -OCH3 is 1. The number of halogens is 1. The lowest BCUT2D eigenvalue weighted by Gasteiger charge is -2.38. The van der Waals surface area contributed by atoms with Gasteiger partial charge in [-0.3, -0.25) is 4.98 Å². The Balaban J connectivity index is 1.62. The Morgan fingerprint density at radius 1 is 1.21 bits per heavy atom. The van der Waals surface area contributed by atoms with Gasteiger partial charge in [-0.25, -0.2) is 5.01 Å². The second kappa shape index (κ2) is 6.97. The van der Waals surface area contributed by atoms with E-state index in [1.165, 1.54) is 0 Å². The largest absolute Gasteiger partial charge is 0.507 e. The number of aromatic hydroxyl groups is 1. The molecule has 1 aromatic heterocycles. The van der Waals surface area contributed by atoms with Gasteiger partial charge in [-0.15, -0.1) is 0 Å². The SMILES string of the molecule is COc1ccc(O)c(C2=NN3[C@H](C2)c2cc(Cl)ccc2O[C@@H]3c2cccnc2)c1. The maximum Gasteiger partial charge on any atom is 0.215 e. The molecule has 1 N–H and O–H groups in total. The molecule has 0 radical (unpaired) electrons. The number of phenolic OH excluding ortho intramolecular Hbond substituents is 1. The smallest absolute Gasteiger partial charge is 0.215 e. The Kier molecular flexibility index (Phi) is 4.28. The molecule has 7 heteroatoms. The van der Waals surface area contributed by atoms with Gasteiger partial charge in [-0.1, -0.05) is 17.7 Å². The molecule has 6 nitrogen and oxygen atoms in total. The Labute approximate surface area is 173 Å². The molecule has 0 bridgehead atoms. The normalized spacial score (nSPS) is 19.8. The number of hydrogen-bond acceptors (Lipinski definition) is 6. The summed E-state index contributed by atoms with van der Waals surface area (Å²) in [7, 11) is 1.60. The van der Waals surface area contributed by atoms with E-state index < -0.39 is 6.23 Å². The van der Waals surface area contributed by atoms with E-state index in [1.54, 1.807) is 37.7 Å². The lowest BCUT2D eigenvalue weighted by molar-refractivity contribution is -0.0192. The second-order valence-corrected chi connectivity index (χ2v) is 7.40. The Hall–Kier alpha value is -3.25. The molecule has 0 amide bonds. The monoisotopic (exact) mass is 407 g/mol. The molecule has 3 aromatic rings. The first-order chi connectivity index (χ1) is 14.1. The van der Waals surface area contributed by atoms with E-state index in [9.17, 15) is 5.11 Å². The molecule has 0 saturated heterocycles. The summed E-state index contributed by atoms with van der Waals surface area (Å²) < 4.78 is 11.6. The number of ether oxygens (including phenoxy) is 2. The minimum absolute atomic E-state index is 0.0664. The van der Waals surface area contributed by atoms with Gasteiger partial charge in [-0.2, -0.15) is 5.10 Å². The zero-order valence-electron chi connectivity index (χ0n) is 15.6. The van der Waals surface area contributed by atoms with Crippen LogP contribution >= 0.6 is 11.6 Å². The molecular formula is C22H18ClN3O3. The molecule has 0 spiro atoms. The van der Waals surface area contributed by atoms with Gasteiger partial charge in [0.05, 0.1) is 18.9 Å². The number of hydrazone groups is 1. The van der Waals surface area contributed by atoms with Gasteiger partial charge in [0.15, 0.2) is 0 Å². The van der Waals surface area contributed by atoms with Crippen LogP contribution in [-0.4, -0.2) is 27.9 Å². The number of phenols is 1. The lowest BCUT2D eigenvalue weighted by Crippen LogP contribution is -2.33. The van der Waals surface area contributed by atoms with Gasteiger partial charge in [0, 0.05) is 40.5 Å². The summed E-state index contributed by atoms with van der Waals surface area (Å²) in [5.41, 5.74) is 3.28. The summed E-state index contributed by atoms with van der Waals surface area (Å²) in [6.07, 6.45) is 3.69. The number of hydrogen-bond donors (Lipinski definition) is 1. The molecular weight excluding hydrogens is 390 g/mol. The fraction of sp³-hybridized carbons (Fsp3) is 0.182. The minimum Gasteiger partial charge on any atom is -0.507 e. The van der Waals surface area contributed by atoms with Crippen molar-refractivity contribution in [3.05, 3.63) is 82.6 Å². The van der Waals surface area contributed by atoms with Gasteiger partial charge < -0.3 is 14.6 Å². The van der Waals surface area contributed by atoms with Crippen molar-refractivity contribution in [1.29, 1.82) is 0 Å². The van der Waals surface area contributed by atoms with E-state index in [-0.39, 0.29) is 11.8 Å². The van der Waals surface area contributed by atoms with Crippen LogP contribution in [0.25, 0.3) is 0 Å². The van der Waals surface area contributed by atoms with Crippen LogP contribution < -0.4 is 9.47 Å². The first kappa shape index (κ1) is 17.8. The predicted octanol–water partition coefficient (Wildman–Crippen LogP) is 4.69. The Morgan fingerprint density at radius 2 is 2.10 bits per heavy atom. The Morgan fingerprint density at radius 3 is 2.90 bits per heavy atom. The van der Waals surface area contributed by atoms with Gasteiger partial charge in [0.1, 0.15) is 17.2 Å². The van der Waals surface area contributed by atoms with Crippen molar-refractivity contribution < 1.29 is 14.6 Å².